The molecule has 0 amide bonds. The van der Waals surface area contributed by atoms with Gasteiger partial charge < -0.3 is 0 Å². The van der Waals surface area contributed by atoms with Crippen LogP contribution >= 0.6 is 0 Å². The molecule has 0 nitrogen and oxygen atoms in total. The molecule has 0 aromatic heterocycles. The van der Waals surface area contributed by atoms with Crippen molar-refractivity contribution in [1.29, 1.82) is 0 Å². The smallest absolute Gasteiger partial charge is 0.0225 e. The van der Waals surface area contributed by atoms with Gasteiger partial charge in [-0.1, -0.05) is 66.2 Å². The van der Waals surface area contributed by atoms with Crippen LogP contribution in [0.2, 0.25) is 0 Å². The van der Waals surface area contributed by atoms with Crippen LogP contribution in [-0.2, 0) is 6.42 Å². The molecule has 0 spiro atoms. The van der Waals surface area contributed by atoms with Gasteiger partial charge in [-0.05, 0) is 43.4 Å². The van der Waals surface area contributed by atoms with E-state index in [-0.39, 0.29) is 0 Å². The van der Waals surface area contributed by atoms with Gasteiger partial charge in [-0.25, -0.2) is 0 Å². The summed E-state index contributed by atoms with van der Waals surface area (Å²) in [6.07, 6.45) is 2.21. The maximum Gasteiger partial charge on any atom is -0.0225 e. The lowest BCUT2D eigenvalue weighted by Crippen LogP contribution is -1.91. The normalized spacial score (nSPS) is 10.1. The van der Waals surface area contributed by atoms with E-state index in [1.54, 1.807) is 0 Å². The Labute approximate surface area is 110 Å². The van der Waals surface area contributed by atoms with Gasteiger partial charge >= 0.3 is 0 Å². The Hall–Kier alpha value is -1.82. The molecule has 0 bridgehead atoms. The molecule has 2 aromatic carbocycles. The monoisotopic (exact) mass is 236 g/mol. The molecule has 0 saturated carbocycles. The first-order chi connectivity index (χ1) is 8.77. The molecule has 2 rings (SSSR count). The predicted molar refractivity (Wildman–Crippen MR) is 79.5 cm³/mol. The summed E-state index contributed by atoms with van der Waals surface area (Å²) in [6, 6.07) is 21.4. The summed E-state index contributed by atoms with van der Waals surface area (Å²) < 4.78 is 0. The fourth-order valence-electron chi connectivity index (χ4n) is 2.24. The average Bonchev–Trinajstić information content (AvgIpc) is 2.41. The summed E-state index contributed by atoms with van der Waals surface area (Å²) in [5.74, 6) is 0. The van der Waals surface area contributed by atoms with E-state index < -0.39 is 0 Å². The van der Waals surface area contributed by atoms with E-state index in [0.29, 0.717) is 0 Å². The fraction of sp³-hybridized carbons (Fsp3) is 0.222. The highest BCUT2D eigenvalue weighted by Gasteiger charge is 2.03. The Bertz CT molecular complexity index is 502. The first-order valence-electron chi connectivity index (χ1n) is 6.53. The van der Waals surface area contributed by atoms with Crippen LogP contribution in [0.1, 0.15) is 31.4 Å². The molecule has 2 aromatic rings. The van der Waals surface area contributed by atoms with Crippen molar-refractivity contribution in [2.24, 2.45) is 0 Å². The molecule has 0 heterocycles. The van der Waals surface area contributed by atoms with Crippen molar-refractivity contribution >= 4 is 5.57 Å². The summed E-state index contributed by atoms with van der Waals surface area (Å²) in [5.41, 5.74) is 5.65. The number of aryl methyl sites for hydroxylation is 1. The molecular weight excluding hydrogens is 216 g/mol. The van der Waals surface area contributed by atoms with Crippen LogP contribution in [-0.4, -0.2) is 0 Å². The molecule has 18 heavy (non-hydrogen) atoms. The Kier molecular flexibility index (Phi) is 4.35. The third-order valence-corrected chi connectivity index (χ3v) is 3.23. The van der Waals surface area contributed by atoms with E-state index in [9.17, 15) is 0 Å². The largest absolute Gasteiger partial charge is 0.0726 e. The van der Waals surface area contributed by atoms with Crippen molar-refractivity contribution in [2.45, 2.75) is 26.7 Å². The minimum Gasteiger partial charge on any atom is -0.0726 e. The van der Waals surface area contributed by atoms with Crippen LogP contribution in [0.15, 0.2) is 66.2 Å². The van der Waals surface area contributed by atoms with Crippen molar-refractivity contribution in [3.8, 4) is 0 Å². The molecular formula is C18H20. The van der Waals surface area contributed by atoms with Crippen LogP contribution in [0.25, 0.3) is 5.57 Å². The van der Waals surface area contributed by atoms with E-state index in [1.165, 1.54) is 22.3 Å². The molecule has 0 heteroatoms. The maximum absolute atomic E-state index is 2.20. The minimum absolute atomic E-state index is 1.11. The van der Waals surface area contributed by atoms with Gasteiger partial charge in [0.1, 0.15) is 0 Å². The topological polar surface area (TPSA) is 0 Å². The standard InChI is InChI=1S/C18H20/c1-15(2)18(17-11-7-4-8-12-17)14-13-16-9-5-3-6-10-16/h3-12H,13-14H2,1-2H3. The highest BCUT2D eigenvalue weighted by Crippen LogP contribution is 2.23. The van der Waals surface area contributed by atoms with Crippen LogP contribution < -0.4 is 0 Å². The van der Waals surface area contributed by atoms with Gasteiger partial charge in [0.15, 0.2) is 0 Å². The van der Waals surface area contributed by atoms with Gasteiger partial charge in [0.25, 0.3) is 0 Å². The number of allylic oxidation sites excluding steroid dienone is 2. The Balaban J connectivity index is 2.13. The van der Waals surface area contributed by atoms with Crippen LogP contribution in [0.4, 0.5) is 0 Å². The lowest BCUT2D eigenvalue weighted by atomic mass is 9.95. The van der Waals surface area contributed by atoms with Crippen molar-refractivity contribution in [2.75, 3.05) is 0 Å². The van der Waals surface area contributed by atoms with E-state index in [2.05, 4.69) is 74.5 Å². The summed E-state index contributed by atoms with van der Waals surface area (Å²) >= 11 is 0. The second-order valence-corrected chi connectivity index (χ2v) is 4.83. The Morgan fingerprint density at radius 2 is 1.33 bits per heavy atom. The van der Waals surface area contributed by atoms with Gasteiger partial charge in [-0.15, -0.1) is 0 Å². The van der Waals surface area contributed by atoms with Crippen LogP contribution in [0, 0.1) is 0 Å². The highest BCUT2D eigenvalue weighted by molar-refractivity contribution is 5.68. The van der Waals surface area contributed by atoms with Gasteiger partial charge in [-0.3, -0.25) is 0 Å². The van der Waals surface area contributed by atoms with Crippen LogP contribution in [0.5, 0.6) is 0 Å². The quantitative estimate of drug-likeness (QED) is 0.691. The maximum atomic E-state index is 2.20. The molecule has 0 aliphatic heterocycles. The molecule has 0 aliphatic rings. The number of rotatable bonds is 4. The van der Waals surface area contributed by atoms with Crippen molar-refractivity contribution < 1.29 is 0 Å². The van der Waals surface area contributed by atoms with E-state index in [0.717, 1.165) is 12.8 Å². The van der Waals surface area contributed by atoms with Crippen molar-refractivity contribution in [3.63, 3.8) is 0 Å². The Morgan fingerprint density at radius 1 is 0.778 bits per heavy atom. The van der Waals surface area contributed by atoms with Gasteiger partial charge in [-0.2, -0.15) is 0 Å². The fourth-order valence-corrected chi connectivity index (χ4v) is 2.24. The number of benzene rings is 2. The second kappa shape index (κ2) is 6.20. The van der Waals surface area contributed by atoms with E-state index >= 15 is 0 Å². The van der Waals surface area contributed by atoms with E-state index in [1.807, 2.05) is 0 Å². The molecule has 0 atom stereocenters. The molecule has 92 valence electrons. The molecule has 0 unspecified atom stereocenters. The summed E-state index contributed by atoms with van der Waals surface area (Å²) in [6.45, 7) is 4.40. The first-order valence-corrected chi connectivity index (χ1v) is 6.53. The second-order valence-electron chi connectivity index (χ2n) is 4.83. The number of hydrogen-bond acceptors (Lipinski definition) is 0. The zero-order chi connectivity index (χ0) is 12.8. The van der Waals surface area contributed by atoms with Crippen LogP contribution in [0.3, 0.4) is 0 Å². The molecule has 0 N–H and O–H groups in total. The molecule has 0 radical (unpaired) electrons. The third-order valence-electron chi connectivity index (χ3n) is 3.23. The van der Waals surface area contributed by atoms with E-state index in [4.69, 9.17) is 0 Å². The lowest BCUT2D eigenvalue weighted by Gasteiger charge is -2.10. The molecule has 0 fully saturated rings. The predicted octanol–water partition coefficient (Wildman–Crippen LogP) is 5.11. The average molecular weight is 236 g/mol. The SMILES string of the molecule is CC(C)=C(CCc1ccccc1)c1ccccc1. The summed E-state index contributed by atoms with van der Waals surface area (Å²) in [7, 11) is 0. The first kappa shape index (κ1) is 12.6. The van der Waals surface area contributed by atoms with Gasteiger partial charge in [0, 0.05) is 0 Å². The zero-order valence-electron chi connectivity index (χ0n) is 11.2. The molecule has 0 saturated heterocycles. The third kappa shape index (κ3) is 3.33. The van der Waals surface area contributed by atoms with Crippen molar-refractivity contribution in [1.82, 2.24) is 0 Å². The Morgan fingerprint density at radius 3 is 1.89 bits per heavy atom. The number of hydrogen-bond donors (Lipinski definition) is 0. The molecule has 0 aliphatic carbocycles. The highest BCUT2D eigenvalue weighted by atomic mass is 14.1. The summed E-state index contributed by atoms with van der Waals surface area (Å²) in [5, 5.41) is 0. The van der Waals surface area contributed by atoms with Crippen molar-refractivity contribution in [3.05, 3.63) is 77.4 Å². The van der Waals surface area contributed by atoms with Gasteiger partial charge in [0.2, 0.25) is 0 Å². The lowest BCUT2D eigenvalue weighted by molar-refractivity contribution is 1.01. The van der Waals surface area contributed by atoms with Gasteiger partial charge in [0.05, 0.1) is 0 Å². The minimum atomic E-state index is 1.11. The summed E-state index contributed by atoms with van der Waals surface area (Å²) in [4.78, 5) is 0. The zero-order valence-corrected chi connectivity index (χ0v) is 11.2.